The van der Waals surface area contributed by atoms with Crippen molar-refractivity contribution in [2.24, 2.45) is 0 Å². The van der Waals surface area contributed by atoms with Gasteiger partial charge in [-0.1, -0.05) is 12.1 Å². The van der Waals surface area contributed by atoms with Gasteiger partial charge < -0.3 is 4.74 Å². The van der Waals surface area contributed by atoms with Crippen molar-refractivity contribution in [1.29, 1.82) is 0 Å². The Bertz CT molecular complexity index is 426. The lowest BCUT2D eigenvalue weighted by Crippen LogP contribution is -2.46. The Labute approximate surface area is 116 Å². The van der Waals surface area contributed by atoms with Crippen molar-refractivity contribution in [3.8, 4) is 0 Å². The highest BCUT2D eigenvalue weighted by atomic mass is 79.9. The Morgan fingerprint density at radius 3 is 3.00 bits per heavy atom. The molecule has 0 N–H and O–H groups in total. The van der Waals surface area contributed by atoms with Crippen molar-refractivity contribution in [2.75, 3.05) is 20.2 Å². The van der Waals surface area contributed by atoms with Gasteiger partial charge in [-0.05, 0) is 53.9 Å². The molecule has 1 aliphatic rings. The zero-order valence-corrected chi connectivity index (χ0v) is 12.5. The second-order valence-corrected chi connectivity index (χ2v) is 5.97. The number of methoxy groups -OCH3 is 1. The van der Waals surface area contributed by atoms with Gasteiger partial charge in [-0.3, -0.25) is 4.90 Å². The number of piperidine rings is 1. The Balaban J connectivity index is 2.07. The number of ether oxygens (including phenoxy) is 1. The van der Waals surface area contributed by atoms with E-state index in [0.29, 0.717) is 4.47 Å². The monoisotopic (exact) mass is 315 g/mol. The van der Waals surface area contributed by atoms with Gasteiger partial charge in [0.25, 0.3) is 0 Å². The molecule has 100 valence electrons. The van der Waals surface area contributed by atoms with Crippen LogP contribution < -0.4 is 0 Å². The van der Waals surface area contributed by atoms with Gasteiger partial charge in [0.1, 0.15) is 5.82 Å². The summed E-state index contributed by atoms with van der Waals surface area (Å²) >= 11 is 3.32. The number of hydrogen-bond acceptors (Lipinski definition) is 2. The number of hydrogen-bond donors (Lipinski definition) is 0. The van der Waals surface area contributed by atoms with E-state index in [-0.39, 0.29) is 11.4 Å². The molecule has 18 heavy (non-hydrogen) atoms. The molecule has 0 radical (unpaired) electrons. The lowest BCUT2D eigenvalue weighted by molar-refractivity contribution is -0.0527. The van der Waals surface area contributed by atoms with Crippen LogP contribution in [0.2, 0.25) is 0 Å². The first-order valence-electron chi connectivity index (χ1n) is 6.24. The van der Waals surface area contributed by atoms with Gasteiger partial charge in [0.2, 0.25) is 0 Å². The van der Waals surface area contributed by atoms with E-state index in [0.717, 1.165) is 38.0 Å². The minimum Gasteiger partial charge on any atom is -0.377 e. The molecule has 0 saturated carbocycles. The van der Waals surface area contributed by atoms with Crippen LogP contribution in [0.1, 0.15) is 25.3 Å². The third-order valence-electron chi connectivity index (χ3n) is 3.66. The third kappa shape index (κ3) is 3.11. The van der Waals surface area contributed by atoms with Crippen molar-refractivity contribution in [1.82, 2.24) is 4.90 Å². The van der Waals surface area contributed by atoms with Crippen molar-refractivity contribution < 1.29 is 9.13 Å². The summed E-state index contributed by atoms with van der Waals surface area (Å²) in [7, 11) is 1.77. The smallest absolute Gasteiger partial charge is 0.137 e. The summed E-state index contributed by atoms with van der Waals surface area (Å²) in [6, 6.07) is 5.20. The highest BCUT2D eigenvalue weighted by Crippen LogP contribution is 2.27. The summed E-state index contributed by atoms with van der Waals surface area (Å²) < 4.78 is 19.6. The first-order chi connectivity index (χ1) is 8.54. The predicted molar refractivity (Wildman–Crippen MR) is 74.0 cm³/mol. The van der Waals surface area contributed by atoms with E-state index in [4.69, 9.17) is 4.74 Å². The highest BCUT2D eigenvalue weighted by molar-refractivity contribution is 9.10. The van der Waals surface area contributed by atoms with Crippen molar-refractivity contribution in [3.05, 3.63) is 34.1 Å². The summed E-state index contributed by atoms with van der Waals surface area (Å²) in [5.41, 5.74) is 0.924. The minimum absolute atomic E-state index is 0.0714. The van der Waals surface area contributed by atoms with Gasteiger partial charge in [0.15, 0.2) is 0 Å². The molecule has 0 aromatic heterocycles. The lowest BCUT2D eigenvalue weighted by atomic mass is 9.94. The molecular weight excluding hydrogens is 297 g/mol. The van der Waals surface area contributed by atoms with Crippen molar-refractivity contribution in [2.45, 2.75) is 31.9 Å². The molecule has 0 amide bonds. The molecule has 1 saturated heterocycles. The molecule has 1 heterocycles. The predicted octanol–water partition coefficient (Wildman–Crippen LogP) is 3.59. The van der Waals surface area contributed by atoms with E-state index in [1.807, 2.05) is 6.07 Å². The van der Waals surface area contributed by atoms with Crippen molar-refractivity contribution in [3.63, 3.8) is 0 Å². The van der Waals surface area contributed by atoms with Crippen LogP contribution >= 0.6 is 15.9 Å². The van der Waals surface area contributed by atoms with E-state index in [1.54, 1.807) is 13.2 Å². The van der Waals surface area contributed by atoms with E-state index < -0.39 is 0 Å². The fraction of sp³-hybridized carbons (Fsp3) is 0.571. The maximum absolute atomic E-state index is 13.5. The average molecular weight is 316 g/mol. The van der Waals surface area contributed by atoms with Gasteiger partial charge in [-0.2, -0.15) is 0 Å². The van der Waals surface area contributed by atoms with Gasteiger partial charge >= 0.3 is 0 Å². The number of benzene rings is 1. The first kappa shape index (κ1) is 14.0. The second-order valence-electron chi connectivity index (χ2n) is 5.18. The van der Waals surface area contributed by atoms with Crippen LogP contribution in [0.25, 0.3) is 0 Å². The molecule has 0 bridgehead atoms. The second kappa shape index (κ2) is 5.68. The quantitative estimate of drug-likeness (QED) is 0.845. The van der Waals surface area contributed by atoms with Crippen molar-refractivity contribution >= 4 is 15.9 Å². The van der Waals surface area contributed by atoms with Crippen LogP contribution in [0.5, 0.6) is 0 Å². The minimum atomic E-state index is -0.195. The van der Waals surface area contributed by atoms with Crippen LogP contribution in [-0.2, 0) is 11.3 Å². The SMILES string of the molecule is COC1(C)CCCN(Cc2cccc(F)c2Br)C1. The zero-order valence-electron chi connectivity index (χ0n) is 10.9. The van der Waals surface area contributed by atoms with Gasteiger partial charge in [0, 0.05) is 20.2 Å². The van der Waals surface area contributed by atoms with Crippen LogP contribution in [0, 0.1) is 5.82 Å². The third-order valence-corrected chi connectivity index (χ3v) is 4.54. The lowest BCUT2D eigenvalue weighted by Gasteiger charge is -2.39. The Morgan fingerprint density at radius 2 is 2.28 bits per heavy atom. The molecule has 1 fully saturated rings. The average Bonchev–Trinajstić information content (AvgIpc) is 2.35. The molecule has 1 unspecified atom stereocenters. The van der Waals surface area contributed by atoms with E-state index in [1.165, 1.54) is 6.07 Å². The first-order valence-corrected chi connectivity index (χ1v) is 7.04. The molecule has 1 aliphatic heterocycles. The van der Waals surface area contributed by atoms with Crippen LogP contribution in [-0.4, -0.2) is 30.7 Å². The van der Waals surface area contributed by atoms with Crippen LogP contribution in [0.3, 0.4) is 0 Å². The fourth-order valence-electron chi connectivity index (χ4n) is 2.52. The summed E-state index contributed by atoms with van der Waals surface area (Å²) in [6.45, 7) is 4.84. The molecule has 1 atom stereocenters. The number of likely N-dealkylation sites (tertiary alicyclic amines) is 1. The summed E-state index contributed by atoms with van der Waals surface area (Å²) in [6.07, 6.45) is 2.21. The summed E-state index contributed by atoms with van der Waals surface area (Å²) in [5.74, 6) is -0.195. The zero-order chi connectivity index (χ0) is 13.2. The van der Waals surface area contributed by atoms with E-state index >= 15 is 0 Å². The maximum atomic E-state index is 13.5. The molecule has 4 heteroatoms. The molecule has 0 spiro atoms. The Hall–Kier alpha value is -0.450. The van der Waals surface area contributed by atoms with Gasteiger partial charge in [-0.25, -0.2) is 4.39 Å². The number of rotatable bonds is 3. The molecule has 1 aromatic carbocycles. The Morgan fingerprint density at radius 1 is 1.50 bits per heavy atom. The molecule has 0 aliphatic carbocycles. The number of halogens is 2. The van der Waals surface area contributed by atoms with E-state index in [9.17, 15) is 4.39 Å². The summed E-state index contributed by atoms with van der Waals surface area (Å²) in [5, 5.41) is 0. The number of nitrogens with zero attached hydrogens (tertiary/aromatic N) is 1. The highest BCUT2D eigenvalue weighted by Gasteiger charge is 2.30. The summed E-state index contributed by atoms with van der Waals surface area (Å²) in [4.78, 5) is 2.33. The fourth-order valence-corrected chi connectivity index (χ4v) is 2.91. The standard InChI is InChI=1S/C14H19BrFNO/c1-14(18-2)7-4-8-17(10-14)9-11-5-3-6-12(16)13(11)15/h3,5-6H,4,7-10H2,1-2H3. The largest absolute Gasteiger partial charge is 0.377 e. The topological polar surface area (TPSA) is 12.5 Å². The Kier molecular flexibility index (Phi) is 4.41. The van der Waals surface area contributed by atoms with Crippen LogP contribution in [0.15, 0.2) is 22.7 Å². The van der Waals surface area contributed by atoms with Gasteiger partial charge in [-0.15, -0.1) is 0 Å². The molecule has 2 nitrogen and oxygen atoms in total. The molecule has 1 aromatic rings. The normalized spacial score (nSPS) is 25.3. The maximum Gasteiger partial charge on any atom is 0.137 e. The van der Waals surface area contributed by atoms with E-state index in [2.05, 4.69) is 27.8 Å². The van der Waals surface area contributed by atoms with Crippen LogP contribution in [0.4, 0.5) is 4.39 Å². The molecular formula is C14H19BrFNO. The molecule has 2 rings (SSSR count). The van der Waals surface area contributed by atoms with Gasteiger partial charge in [0.05, 0.1) is 10.1 Å².